The van der Waals surface area contributed by atoms with E-state index in [-0.39, 0.29) is 41.4 Å². The third-order valence-corrected chi connectivity index (χ3v) is 10.4. The molecule has 8 unspecified atom stereocenters. The molecule has 4 aliphatic rings. The molecular formula is C24H38NaO6S. The molecule has 8 heteroatoms. The molecule has 0 amide bonds. The summed E-state index contributed by atoms with van der Waals surface area (Å²) in [5.41, 5.74) is 1.71. The van der Waals surface area contributed by atoms with Crippen molar-refractivity contribution in [3.63, 3.8) is 0 Å². The van der Waals surface area contributed by atoms with Gasteiger partial charge in [0, 0.05) is 36.0 Å². The second kappa shape index (κ2) is 9.62. The quantitative estimate of drug-likeness (QED) is 0.321. The van der Waals surface area contributed by atoms with Gasteiger partial charge in [0.1, 0.15) is 0 Å². The van der Waals surface area contributed by atoms with Crippen molar-refractivity contribution in [2.24, 2.45) is 40.4 Å². The van der Waals surface area contributed by atoms with Crippen molar-refractivity contribution in [3.05, 3.63) is 11.6 Å². The van der Waals surface area contributed by atoms with Gasteiger partial charge >= 0.3 is 16.4 Å². The van der Waals surface area contributed by atoms with Crippen LogP contribution in [-0.4, -0.2) is 59.7 Å². The molecule has 4 rings (SSSR count). The third kappa shape index (κ3) is 4.90. The number of aliphatic carboxylic acids is 1. The Balaban J connectivity index is 0.00000289. The molecule has 0 bridgehead atoms. The van der Waals surface area contributed by atoms with Gasteiger partial charge in [0.25, 0.3) is 0 Å². The standard InChI is InChI=1S/C24H38O6S.Na/c1-15(4-9-22(25)26)19-7-8-20-18-6-5-16-14-17(30-31(27,28)29)10-12-23(16,2)21(18)11-13-24(19,20)3;/h5,15,17-21H,4,6-14H2,1-3H3,(H,25,26)(H,27,28,29);. The maximum atomic E-state index is 11.2. The number of carboxylic acid groups (broad SMARTS) is 1. The Labute approximate surface area is 215 Å². The molecule has 3 fully saturated rings. The molecule has 0 heterocycles. The first-order valence-electron chi connectivity index (χ1n) is 12.0. The van der Waals surface area contributed by atoms with Crippen molar-refractivity contribution in [1.29, 1.82) is 0 Å². The third-order valence-electron chi connectivity index (χ3n) is 9.89. The van der Waals surface area contributed by atoms with Crippen LogP contribution in [0.1, 0.15) is 85.0 Å². The molecule has 0 saturated heterocycles. The molecule has 2 N–H and O–H groups in total. The van der Waals surface area contributed by atoms with Gasteiger partial charge in [-0.2, -0.15) is 8.42 Å². The van der Waals surface area contributed by atoms with Crippen molar-refractivity contribution < 1.29 is 27.1 Å². The summed E-state index contributed by atoms with van der Waals surface area (Å²) in [4.78, 5) is 11.1. The minimum absolute atomic E-state index is 0. The van der Waals surface area contributed by atoms with Gasteiger partial charge in [-0.1, -0.05) is 32.4 Å². The fourth-order valence-corrected chi connectivity index (χ4v) is 8.92. The van der Waals surface area contributed by atoms with Crippen LogP contribution < -0.4 is 0 Å². The van der Waals surface area contributed by atoms with E-state index in [0.717, 1.165) is 19.3 Å². The number of hydrogen-bond donors (Lipinski definition) is 2. The van der Waals surface area contributed by atoms with E-state index in [2.05, 4.69) is 26.8 Å². The molecule has 8 atom stereocenters. The Bertz CT molecular complexity index is 857. The van der Waals surface area contributed by atoms with E-state index in [1.165, 1.54) is 31.3 Å². The van der Waals surface area contributed by atoms with E-state index in [9.17, 15) is 13.2 Å². The second-order valence-corrected chi connectivity index (χ2v) is 12.3. The van der Waals surface area contributed by atoms with Crippen LogP contribution in [0.3, 0.4) is 0 Å². The summed E-state index contributed by atoms with van der Waals surface area (Å²) in [7, 11) is -4.41. The van der Waals surface area contributed by atoms with E-state index >= 15 is 0 Å². The molecule has 4 aliphatic carbocycles. The molecule has 32 heavy (non-hydrogen) atoms. The normalized spacial score (nSPS) is 42.0. The summed E-state index contributed by atoms with van der Waals surface area (Å²) in [6.07, 6.45) is 11.0. The monoisotopic (exact) mass is 477 g/mol. The largest absolute Gasteiger partial charge is 0.481 e. The Morgan fingerprint density at radius 3 is 2.56 bits per heavy atom. The topological polar surface area (TPSA) is 101 Å². The van der Waals surface area contributed by atoms with Crippen LogP contribution in [0.5, 0.6) is 0 Å². The first-order valence-corrected chi connectivity index (χ1v) is 13.4. The fourth-order valence-electron chi connectivity index (χ4n) is 8.41. The first kappa shape index (κ1) is 26.7. The molecule has 3 saturated carbocycles. The average molecular weight is 478 g/mol. The van der Waals surface area contributed by atoms with Crippen LogP contribution in [0, 0.1) is 40.4 Å². The molecule has 0 aliphatic heterocycles. The Hall–Kier alpha value is 0.0800. The molecule has 0 aromatic rings. The Morgan fingerprint density at radius 2 is 1.91 bits per heavy atom. The number of fused-ring (bicyclic) bond motifs is 5. The summed E-state index contributed by atoms with van der Waals surface area (Å²) in [6.45, 7) is 7.09. The maximum absolute atomic E-state index is 11.2. The van der Waals surface area contributed by atoms with Gasteiger partial charge < -0.3 is 5.11 Å². The van der Waals surface area contributed by atoms with Gasteiger partial charge in [0.05, 0.1) is 6.10 Å². The molecule has 6 nitrogen and oxygen atoms in total. The average Bonchev–Trinajstić information content (AvgIpc) is 3.02. The minimum atomic E-state index is -4.41. The number of rotatable bonds is 6. The van der Waals surface area contributed by atoms with Gasteiger partial charge in [0.2, 0.25) is 0 Å². The summed E-state index contributed by atoms with van der Waals surface area (Å²) in [5, 5.41) is 9.11. The number of hydrogen-bond acceptors (Lipinski definition) is 4. The fraction of sp³-hybridized carbons (Fsp3) is 0.875. The molecule has 1 radical (unpaired) electrons. The van der Waals surface area contributed by atoms with E-state index in [1.54, 1.807) is 0 Å². The minimum Gasteiger partial charge on any atom is -0.481 e. The molecule has 0 aromatic carbocycles. The first-order chi connectivity index (χ1) is 14.4. The summed E-state index contributed by atoms with van der Waals surface area (Å²) in [6, 6.07) is 0. The van der Waals surface area contributed by atoms with Crippen molar-refractivity contribution in [3.8, 4) is 0 Å². The van der Waals surface area contributed by atoms with Gasteiger partial charge in [-0.3, -0.25) is 9.35 Å². The second-order valence-electron chi connectivity index (χ2n) is 11.3. The van der Waals surface area contributed by atoms with Crippen LogP contribution in [0.25, 0.3) is 0 Å². The Morgan fingerprint density at radius 1 is 1.19 bits per heavy atom. The predicted octanol–water partition coefficient (Wildman–Crippen LogP) is 4.87. The molecule has 0 aromatic heterocycles. The van der Waals surface area contributed by atoms with Crippen LogP contribution in [0.15, 0.2) is 11.6 Å². The van der Waals surface area contributed by atoms with Crippen LogP contribution in [-0.2, 0) is 19.4 Å². The van der Waals surface area contributed by atoms with Crippen LogP contribution >= 0.6 is 0 Å². The van der Waals surface area contributed by atoms with E-state index in [0.29, 0.717) is 47.8 Å². The van der Waals surface area contributed by atoms with Crippen LogP contribution in [0.2, 0.25) is 0 Å². The van der Waals surface area contributed by atoms with Gasteiger partial charge in [-0.25, -0.2) is 4.18 Å². The zero-order valence-corrected chi connectivity index (χ0v) is 22.9. The Kier molecular flexibility index (Phi) is 8.02. The molecule has 0 spiro atoms. The maximum Gasteiger partial charge on any atom is 0.397 e. The van der Waals surface area contributed by atoms with Crippen molar-refractivity contribution in [2.45, 2.75) is 91.1 Å². The number of allylic oxidation sites excluding steroid dienone is 1. The SMILES string of the molecule is CC(CCC(=O)O)C1CCC2C3CC=C4CC(OS(=O)(=O)O)CCC4(C)C3CCC12C.[Na]. The predicted molar refractivity (Wildman–Crippen MR) is 123 cm³/mol. The van der Waals surface area contributed by atoms with E-state index < -0.39 is 22.5 Å². The van der Waals surface area contributed by atoms with E-state index in [1.807, 2.05) is 0 Å². The van der Waals surface area contributed by atoms with Gasteiger partial charge in [-0.05, 0) is 98.2 Å². The smallest absolute Gasteiger partial charge is 0.397 e. The molecular weight excluding hydrogens is 439 g/mol. The zero-order valence-electron chi connectivity index (χ0n) is 20.0. The molecule has 177 valence electrons. The van der Waals surface area contributed by atoms with Gasteiger partial charge in [-0.15, -0.1) is 0 Å². The summed E-state index contributed by atoms with van der Waals surface area (Å²) >= 11 is 0. The van der Waals surface area contributed by atoms with E-state index in [4.69, 9.17) is 13.8 Å². The van der Waals surface area contributed by atoms with Crippen molar-refractivity contribution in [1.82, 2.24) is 0 Å². The number of carbonyl (C=O) groups is 1. The van der Waals surface area contributed by atoms with Crippen molar-refractivity contribution in [2.75, 3.05) is 0 Å². The van der Waals surface area contributed by atoms with Gasteiger partial charge in [0.15, 0.2) is 0 Å². The van der Waals surface area contributed by atoms with Crippen LogP contribution in [0.4, 0.5) is 0 Å². The van der Waals surface area contributed by atoms with Crippen molar-refractivity contribution >= 4 is 45.9 Å². The zero-order chi connectivity index (χ0) is 22.6. The number of carboxylic acids is 1. The summed E-state index contributed by atoms with van der Waals surface area (Å²) in [5.74, 6) is 2.32. The summed E-state index contributed by atoms with van der Waals surface area (Å²) < 4.78 is 36.4.